The van der Waals surface area contributed by atoms with Gasteiger partial charge >= 0.3 is 0 Å². The van der Waals surface area contributed by atoms with Gasteiger partial charge in [0.15, 0.2) is 0 Å². The smallest absolute Gasteiger partial charge is 0.269 e. The number of nitrogens with one attached hydrogen (secondary N) is 2. The number of carbonyl (C=O) groups excluding carboxylic acids is 2. The molecule has 2 aromatic rings. The Morgan fingerprint density at radius 3 is 2.50 bits per heavy atom. The fraction of sp³-hybridized carbons (Fsp3) is 0.111. The van der Waals surface area contributed by atoms with E-state index < -0.39 is 4.92 Å². The minimum Gasteiger partial charge on any atom is -0.349 e. The van der Waals surface area contributed by atoms with Gasteiger partial charge in [0.1, 0.15) is 0 Å². The maximum atomic E-state index is 12.2. The Hall–Kier alpha value is -3.13. The summed E-state index contributed by atoms with van der Waals surface area (Å²) in [7, 11) is 0. The van der Waals surface area contributed by atoms with E-state index in [1.807, 2.05) is 0 Å². The van der Waals surface area contributed by atoms with Gasteiger partial charge in [0.25, 0.3) is 11.6 Å². The average molecular weight is 371 g/mol. The molecule has 0 atom stereocenters. The van der Waals surface area contributed by atoms with Gasteiger partial charge in [-0.2, -0.15) is 0 Å². The van der Waals surface area contributed by atoms with Crippen molar-refractivity contribution in [1.82, 2.24) is 5.32 Å². The molecule has 8 heteroatoms. The summed E-state index contributed by atoms with van der Waals surface area (Å²) in [6.07, 6.45) is 1.57. The molecular formula is C18H17N3O4S. The van der Waals surface area contributed by atoms with Gasteiger partial charge in [-0.1, -0.05) is 18.2 Å². The number of hydrogen-bond acceptors (Lipinski definition) is 5. The van der Waals surface area contributed by atoms with Crippen LogP contribution in [-0.2, 0) is 4.79 Å². The van der Waals surface area contributed by atoms with Crippen LogP contribution in [0.2, 0.25) is 0 Å². The quantitative estimate of drug-likeness (QED) is 0.321. The molecule has 2 rings (SSSR count). The van der Waals surface area contributed by atoms with E-state index in [0.29, 0.717) is 17.8 Å². The molecule has 0 aromatic heterocycles. The molecule has 134 valence electrons. The summed E-state index contributed by atoms with van der Waals surface area (Å²) < 4.78 is 0. The number of rotatable bonds is 8. The number of anilines is 1. The van der Waals surface area contributed by atoms with Gasteiger partial charge in [-0.15, -0.1) is 18.3 Å². The Kier molecular flexibility index (Phi) is 6.92. The van der Waals surface area contributed by atoms with Crippen molar-refractivity contribution in [3.8, 4) is 0 Å². The summed E-state index contributed by atoms with van der Waals surface area (Å²) in [5.74, 6) is -0.471. The highest BCUT2D eigenvalue weighted by atomic mass is 32.2. The van der Waals surface area contributed by atoms with E-state index >= 15 is 0 Å². The van der Waals surface area contributed by atoms with Crippen molar-refractivity contribution in [3.05, 3.63) is 76.9 Å². The molecule has 0 heterocycles. The molecule has 2 N–H and O–H groups in total. The largest absolute Gasteiger partial charge is 0.349 e. The number of non-ortho nitro benzene ring substituents is 1. The summed E-state index contributed by atoms with van der Waals surface area (Å²) in [4.78, 5) is 35.2. The molecule has 0 fully saturated rings. The average Bonchev–Trinajstić information content (AvgIpc) is 2.65. The summed E-state index contributed by atoms with van der Waals surface area (Å²) >= 11 is 1.25. The van der Waals surface area contributed by atoms with Crippen LogP contribution in [0.15, 0.2) is 66.1 Å². The van der Waals surface area contributed by atoms with Crippen LogP contribution in [0.4, 0.5) is 11.4 Å². The zero-order valence-electron chi connectivity index (χ0n) is 13.8. The number of nitro benzene ring substituents is 1. The first-order valence-electron chi connectivity index (χ1n) is 7.66. The molecule has 2 aromatic carbocycles. The zero-order chi connectivity index (χ0) is 18.9. The third kappa shape index (κ3) is 5.45. The lowest BCUT2D eigenvalue weighted by molar-refractivity contribution is -0.384. The van der Waals surface area contributed by atoms with E-state index in [2.05, 4.69) is 17.2 Å². The molecule has 7 nitrogen and oxygen atoms in total. The minimum absolute atomic E-state index is 0.00161. The first-order chi connectivity index (χ1) is 12.5. The highest BCUT2D eigenvalue weighted by Gasteiger charge is 2.13. The van der Waals surface area contributed by atoms with Crippen LogP contribution in [0.5, 0.6) is 0 Å². The molecule has 0 aliphatic heterocycles. The Labute approximate surface area is 154 Å². The molecule has 0 unspecified atom stereocenters. The van der Waals surface area contributed by atoms with Crippen LogP contribution in [0.3, 0.4) is 0 Å². The first kappa shape index (κ1) is 19.2. The maximum Gasteiger partial charge on any atom is 0.269 e. The SMILES string of the molecule is C=CCNC(=O)c1ccccc1NC(=O)CSc1ccc([N+](=O)[O-])cc1. The number of hydrogen-bond donors (Lipinski definition) is 2. The molecule has 0 radical (unpaired) electrons. The summed E-state index contributed by atoms with van der Waals surface area (Å²) in [5, 5.41) is 16.0. The maximum absolute atomic E-state index is 12.2. The Morgan fingerprint density at radius 1 is 1.15 bits per heavy atom. The van der Waals surface area contributed by atoms with Gasteiger partial charge in [-0.05, 0) is 24.3 Å². The molecule has 0 aliphatic rings. The van der Waals surface area contributed by atoms with Crippen LogP contribution < -0.4 is 10.6 Å². The van der Waals surface area contributed by atoms with Crippen LogP contribution in [0.25, 0.3) is 0 Å². The van der Waals surface area contributed by atoms with Crippen molar-refractivity contribution in [3.63, 3.8) is 0 Å². The predicted molar refractivity (Wildman–Crippen MR) is 101 cm³/mol. The minimum atomic E-state index is -0.477. The highest BCUT2D eigenvalue weighted by Crippen LogP contribution is 2.22. The van der Waals surface area contributed by atoms with E-state index in [4.69, 9.17) is 0 Å². The van der Waals surface area contributed by atoms with Crippen LogP contribution >= 0.6 is 11.8 Å². The zero-order valence-corrected chi connectivity index (χ0v) is 14.6. The lowest BCUT2D eigenvalue weighted by Crippen LogP contribution is -2.25. The topological polar surface area (TPSA) is 101 Å². The molecule has 0 bridgehead atoms. The standard InChI is InChI=1S/C18H17N3O4S/c1-2-11-19-18(23)15-5-3-4-6-16(15)20-17(22)12-26-14-9-7-13(8-10-14)21(24)25/h2-10H,1,11-12H2,(H,19,23)(H,20,22). The van der Waals surface area contributed by atoms with Gasteiger partial charge < -0.3 is 10.6 Å². The van der Waals surface area contributed by atoms with Crippen LogP contribution in [0, 0.1) is 10.1 Å². The summed E-state index contributed by atoms with van der Waals surface area (Å²) in [6.45, 7) is 3.87. The van der Waals surface area contributed by atoms with Crippen molar-refractivity contribution in [2.75, 3.05) is 17.6 Å². The number of benzene rings is 2. The van der Waals surface area contributed by atoms with Crippen molar-refractivity contribution >= 4 is 35.0 Å². The lowest BCUT2D eigenvalue weighted by atomic mass is 10.1. The van der Waals surface area contributed by atoms with Crippen molar-refractivity contribution < 1.29 is 14.5 Å². The van der Waals surface area contributed by atoms with Gasteiger partial charge in [0.05, 0.1) is 21.9 Å². The van der Waals surface area contributed by atoms with Gasteiger partial charge in [-0.3, -0.25) is 19.7 Å². The number of thioether (sulfide) groups is 1. The van der Waals surface area contributed by atoms with E-state index in [1.165, 1.54) is 23.9 Å². The fourth-order valence-corrected chi connectivity index (χ4v) is 2.75. The second kappa shape index (κ2) is 9.38. The van der Waals surface area contributed by atoms with Gasteiger partial charge in [0.2, 0.25) is 5.91 Å². The third-order valence-electron chi connectivity index (χ3n) is 3.27. The Morgan fingerprint density at radius 2 is 1.85 bits per heavy atom. The van der Waals surface area contributed by atoms with E-state index in [0.717, 1.165) is 4.90 Å². The number of amides is 2. The number of nitrogens with zero attached hydrogens (tertiary/aromatic N) is 1. The number of carbonyl (C=O) groups is 2. The predicted octanol–water partition coefficient (Wildman–Crippen LogP) is 3.24. The van der Waals surface area contributed by atoms with E-state index in [9.17, 15) is 19.7 Å². The Balaban J connectivity index is 1.96. The fourth-order valence-electron chi connectivity index (χ4n) is 2.05. The molecule has 0 spiro atoms. The second-order valence-corrected chi connectivity index (χ2v) is 6.18. The molecule has 0 saturated heterocycles. The molecule has 26 heavy (non-hydrogen) atoms. The van der Waals surface area contributed by atoms with E-state index in [-0.39, 0.29) is 23.3 Å². The van der Waals surface area contributed by atoms with E-state index in [1.54, 1.807) is 42.5 Å². The molecule has 2 amide bonds. The Bertz CT molecular complexity index is 821. The summed E-state index contributed by atoms with van der Waals surface area (Å²) in [5.41, 5.74) is 0.782. The van der Waals surface area contributed by atoms with Crippen molar-refractivity contribution in [1.29, 1.82) is 0 Å². The lowest BCUT2D eigenvalue weighted by Gasteiger charge is -2.10. The number of nitro groups is 1. The van der Waals surface area contributed by atoms with Gasteiger partial charge in [-0.25, -0.2) is 0 Å². The molecular weight excluding hydrogens is 354 g/mol. The van der Waals surface area contributed by atoms with Crippen molar-refractivity contribution in [2.24, 2.45) is 0 Å². The highest BCUT2D eigenvalue weighted by molar-refractivity contribution is 8.00. The normalized spacial score (nSPS) is 10.0. The van der Waals surface area contributed by atoms with Gasteiger partial charge in [0, 0.05) is 23.6 Å². The first-order valence-corrected chi connectivity index (χ1v) is 8.65. The molecule has 0 saturated carbocycles. The van der Waals surface area contributed by atoms with Crippen LogP contribution in [0.1, 0.15) is 10.4 Å². The summed E-state index contributed by atoms with van der Waals surface area (Å²) in [6, 6.07) is 12.7. The molecule has 0 aliphatic carbocycles. The van der Waals surface area contributed by atoms with Crippen LogP contribution in [-0.4, -0.2) is 29.0 Å². The number of para-hydroxylation sites is 1. The third-order valence-corrected chi connectivity index (χ3v) is 4.28. The van der Waals surface area contributed by atoms with Crippen molar-refractivity contribution in [2.45, 2.75) is 4.90 Å². The monoisotopic (exact) mass is 371 g/mol. The second-order valence-electron chi connectivity index (χ2n) is 5.13.